The number of carboxylic acid groups (broad SMARTS) is 1. The number of rotatable bonds is 4. The number of anilines is 1. The summed E-state index contributed by atoms with van der Waals surface area (Å²) < 4.78 is 42.5. The van der Waals surface area contributed by atoms with Crippen molar-refractivity contribution in [3.8, 4) is 0 Å². The third-order valence-corrected chi connectivity index (χ3v) is 3.31. The molecule has 0 saturated heterocycles. The fourth-order valence-electron chi connectivity index (χ4n) is 2.00. The molecule has 1 aromatic carbocycles. The van der Waals surface area contributed by atoms with Crippen LogP contribution >= 0.6 is 0 Å². The third kappa shape index (κ3) is 6.99. The Labute approximate surface area is 148 Å². The van der Waals surface area contributed by atoms with E-state index < -0.39 is 24.2 Å². The highest BCUT2D eigenvalue weighted by Gasteiger charge is 2.42. The van der Waals surface area contributed by atoms with Gasteiger partial charge < -0.3 is 14.7 Å². The van der Waals surface area contributed by atoms with Crippen LogP contribution in [0.1, 0.15) is 31.0 Å². The Morgan fingerprint density at radius 3 is 2.38 bits per heavy atom. The molecular formula is C16H21F3N2O5. The summed E-state index contributed by atoms with van der Waals surface area (Å²) in [6.07, 6.45) is -5.67. The number of carbonyl (C=O) groups is 3. The van der Waals surface area contributed by atoms with Crippen LogP contribution in [-0.4, -0.2) is 48.3 Å². The zero-order valence-corrected chi connectivity index (χ0v) is 14.8. The monoisotopic (exact) mass is 378 g/mol. The van der Waals surface area contributed by atoms with Crippen molar-refractivity contribution in [2.75, 3.05) is 19.0 Å². The van der Waals surface area contributed by atoms with E-state index in [1.807, 2.05) is 0 Å². The van der Waals surface area contributed by atoms with Crippen molar-refractivity contribution in [2.24, 2.45) is 0 Å². The molecule has 7 nitrogen and oxygen atoms in total. The first kappa shape index (κ1) is 23.2. The zero-order valence-electron chi connectivity index (χ0n) is 14.8. The van der Waals surface area contributed by atoms with Gasteiger partial charge in [0.2, 0.25) is 0 Å². The van der Waals surface area contributed by atoms with E-state index in [0.717, 1.165) is 12.6 Å². The summed E-state index contributed by atoms with van der Waals surface area (Å²) in [5, 5.41) is 9.37. The maximum atomic E-state index is 12.6. The lowest BCUT2D eigenvalue weighted by molar-refractivity contribution is -0.186. The minimum absolute atomic E-state index is 0.162. The van der Waals surface area contributed by atoms with Crippen LogP contribution in [0.15, 0.2) is 18.2 Å². The number of nitrogens with one attached hydrogen (secondary N) is 1. The van der Waals surface area contributed by atoms with E-state index in [4.69, 9.17) is 14.6 Å². The molecule has 2 N–H and O–H groups in total. The van der Waals surface area contributed by atoms with Gasteiger partial charge in [-0.25, -0.2) is 4.79 Å². The van der Waals surface area contributed by atoms with E-state index in [1.165, 1.54) is 6.92 Å². The van der Waals surface area contributed by atoms with E-state index in [-0.39, 0.29) is 13.1 Å². The Morgan fingerprint density at radius 2 is 1.92 bits per heavy atom. The van der Waals surface area contributed by atoms with Crippen molar-refractivity contribution in [3.63, 3.8) is 0 Å². The number of alkyl halides is 3. The SMILES string of the molecule is CCOC(=O)Nc1cc(C)ccc1[C@H](C)N(C)C(=O)C(F)(F)F.O=CO. The number of aryl methyl sites for hydroxylation is 1. The van der Waals surface area contributed by atoms with Crippen LogP contribution in [0.25, 0.3) is 0 Å². The minimum atomic E-state index is -4.96. The van der Waals surface area contributed by atoms with Gasteiger partial charge in [-0.3, -0.25) is 14.9 Å². The van der Waals surface area contributed by atoms with E-state index >= 15 is 0 Å². The molecule has 0 aliphatic carbocycles. The predicted octanol–water partition coefficient (Wildman–Crippen LogP) is 3.35. The number of ether oxygens (including phenoxy) is 1. The van der Waals surface area contributed by atoms with Crippen molar-refractivity contribution >= 4 is 24.2 Å². The maximum absolute atomic E-state index is 12.6. The van der Waals surface area contributed by atoms with Gasteiger partial charge in [-0.15, -0.1) is 0 Å². The highest BCUT2D eigenvalue weighted by molar-refractivity contribution is 5.86. The molecule has 0 unspecified atom stereocenters. The number of benzene rings is 1. The fraction of sp³-hybridized carbons (Fsp3) is 0.438. The third-order valence-electron chi connectivity index (χ3n) is 3.31. The van der Waals surface area contributed by atoms with E-state index in [1.54, 1.807) is 32.0 Å². The fourth-order valence-corrected chi connectivity index (χ4v) is 2.00. The topological polar surface area (TPSA) is 95.9 Å². The number of amides is 2. The van der Waals surface area contributed by atoms with Crippen molar-refractivity contribution in [1.29, 1.82) is 0 Å². The number of carbonyl (C=O) groups excluding carboxylic acids is 2. The highest BCUT2D eigenvalue weighted by Crippen LogP contribution is 2.30. The number of halogens is 3. The predicted molar refractivity (Wildman–Crippen MR) is 87.8 cm³/mol. The Bertz CT molecular complexity index is 635. The quantitative estimate of drug-likeness (QED) is 0.784. The summed E-state index contributed by atoms with van der Waals surface area (Å²) in [6, 6.07) is 3.98. The molecule has 0 fully saturated rings. The first-order chi connectivity index (χ1) is 12.0. The van der Waals surface area contributed by atoms with Gasteiger partial charge in [0.25, 0.3) is 6.47 Å². The molecule has 0 spiro atoms. The van der Waals surface area contributed by atoms with Crippen LogP contribution in [-0.2, 0) is 14.3 Å². The van der Waals surface area contributed by atoms with E-state index in [2.05, 4.69) is 5.32 Å². The van der Waals surface area contributed by atoms with Gasteiger partial charge in [0.1, 0.15) is 0 Å². The Balaban J connectivity index is 0.00000194. The maximum Gasteiger partial charge on any atom is 0.471 e. The van der Waals surface area contributed by atoms with Crippen LogP contribution in [0.2, 0.25) is 0 Å². The second-order valence-corrected chi connectivity index (χ2v) is 5.13. The molecule has 0 aliphatic rings. The summed E-state index contributed by atoms with van der Waals surface area (Å²) in [5.41, 5.74) is 1.49. The summed E-state index contributed by atoms with van der Waals surface area (Å²) in [6.45, 7) is 4.77. The van der Waals surface area contributed by atoms with Crippen molar-refractivity contribution in [2.45, 2.75) is 33.0 Å². The molecule has 0 bridgehead atoms. The van der Waals surface area contributed by atoms with Gasteiger partial charge in [-0.05, 0) is 38.0 Å². The lowest BCUT2D eigenvalue weighted by Gasteiger charge is -2.28. The second kappa shape index (κ2) is 10.3. The highest BCUT2D eigenvalue weighted by atomic mass is 19.4. The van der Waals surface area contributed by atoms with Crippen LogP contribution in [0.4, 0.5) is 23.7 Å². The number of nitrogens with zero attached hydrogens (tertiary/aromatic N) is 1. The van der Waals surface area contributed by atoms with Crippen molar-refractivity contribution in [1.82, 2.24) is 4.90 Å². The molecule has 0 aliphatic heterocycles. The molecule has 10 heteroatoms. The molecule has 26 heavy (non-hydrogen) atoms. The van der Waals surface area contributed by atoms with Gasteiger partial charge in [0, 0.05) is 12.7 Å². The van der Waals surface area contributed by atoms with Gasteiger partial charge >= 0.3 is 18.2 Å². The molecular weight excluding hydrogens is 357 g/mol. The molecule has 1 aromatic rings. The largest absolute Gasteiger partial charge is 0.483 e. The summed E-state index contributed by atoms with van der Waals surface area (Å²) in [7, 11) is 1.06. The molecule has 0 heterocycles. The first-order valence-corrected chi connectivity index (χ1v) is 7.45. The zero-order chi connectivity index (χ0) is 20.5. The number of hydrogen-bond acceptors (Lipinski definition) is 4. The lowest BCUT2D eigenvalue weighted by Crippen LogP contribution is -2.40. The average molecular weight is 378 g/mol. The smallest absolute Gasteiger partial charge is 0.471 e. The van der Waals surface area contributed by atoms with E-state index in [9.17, 15) is 22.8 Å². The lowest BCUT2D eigenvalue weighted by atomic mass is 10.0. The van der Waals surface area contributed by atoms with Crippen LogP contribution in [0.5, 0.6) is 0 Å². The van der Waals surface area contributed by atoms with Gasteiger partial charge in [0.05, 0.1) is 12.6 Å². The van der Waals surface area contributed by atoms with Crippen LogP contribution < -0.4 is 5.32 Å². The standard InChI is InChI=1S/C15H19F3N2O3.CH2O2/c1-5-23-14(22)19-12-8-9(2)6-7-11(12)10(3)20(4)13(21)15(16,17)18;2-1-3/h6-8,10H,5H2,1-4H3,(H,19,22);1H,(H,2,3)/t10-;/m0./s1. The molecule has 0 aromatic heterocycles. The van der Waals surface area contributed by atoms with Crippen LogP contribution in [0, 0.1) is 6.92 Å². The summed E-state index contributed by atoms with van der Waals surface area (Å²) in [4.78, 5) is 31.9. The van der Waals surface area contributed by atoms with E-state index in [0.29, 0.717) is 16.2 Å². The Kier molecular flexibility index (Phi) is 9.17. The number of hydrogen-bond donors (Lipinski definition) is 2. The molecule has 1 rings (SSSR count). The van der Waals surface area contributed by atoms with Crippen LogP contribution in [0.3, 0.4) is 0 Å². The molecule has 0 saturated carbocycles. The average Bonchev–Trinajstić information content (AvgIpc) is 2.53. The van der Waals surface area contributed by atoms with Crippen molar-refractivity contribution in [3.05, 3.63) is 29.3 Å². The molecule has 0 radical (unpaired) electrons. The Hall–Kier alpha value is -2.78. The minimum Gasteiger partial charge on any atom is -0.483 e. The van der Waals surface area contributed by atoms with Gasteiger partial charge in [-0.2, -0.15) is 13.2 Å². The summed E-state index contributed by atoms with van der Waals surface area (Å²) in [5.74, 6) is -1.95. The summed E-state index contributed by atoms with van der Waals surface area (Å²) >= 11 is 0. The van der Waals surface area contributed by atoms with Gasteiger partial charge in [-0.1, -0.05) is 12.1 Å². The normalized spacial score (nSPS) is 11.5. The molecule has 1 atom stereocenters. The first-order valence-electron chi connectivity index (χ1n) is 7.45. The molecule has 146 valence electrons. The Morgan fingerprint density at radius 1 is 1.38 bits per heavy atom. The van der Waals surface area contributed by atoms with Crippen molar-refractivity contribution < 1.29 is 37.4 Å². The molecule has 2 amide bonds. The van der Waals surface area contributed by atoms with Gasteiger partial charge in [0.15, 0.2) is 0 Å². The second-order valence-electron chi connectivity index (χ2n) is 5.13.